The molecule has 0 saturated carbocycles. The molecule has 1 aliphatic rings. The van der Waals surface area contributed by atoms with Crippen LogP contribution in [0.2, 0.25) is 0 Å². The van der Waals surface area contributed by atoms with Crippen molar-refractivity contribution in [3.8, 4) is 0 Å². The topological polar surface area (TPSA) is 52.8 Å². The van der Waals surface area contributed by atoms with Gasteiger partial charge in [0, 0.05) is 51.8 Å². The van der Waals surface area contributed by atoms with Crippen LogP contribution in [0.25, 0.3) is 0 Å². The quantitative estimate of drug-likeness (QED) is 0.794. The van der Waals surface area contributed by atoms with E-state index in [2.05, 4.69) is 28.9 Å². The molecule has 1 atom stereocenters. The Morgan fingerprint density at radius 2 is 2.09 bits per heavy atom. The number of hydrogen-bond donors (Lipinski definition) is 0. The van der Waals surface area contributed by atoms with E-state index < -0.39 is 0 Å². The zero-order chi connectivity index (χ0) is 16.1. The van der Waals surface area contributed by atoms with Crippen LogP contribution in [0.5, 0.6) is 0 Å². The zero-order valence-corrected chi connectivity index (χ0v) is 14.2. The van der Waals surface area contributed by atoms with E-state index in [-0.39, 0.29) is 5.91 Å². The normalized spacial score (nSPS) is 18.4. The van der Waals surface area contributed by atoms with E-state index in [0.717, 1.165) is 44.1 Å². The number of carbonyl (C=O) groups excluding carboxylic acids is 1. The van der Waals surface area contributed by atoms with Crippen LogP contribution in [0.3, 0.4) is 0 Å². The minimum Gasteiger partial charge on any atom is -0.359 e. The van der Waals surface area contributed by atoms with Gasteiger partial charge in [0.05, 0.1) is 12.2 Å². The summed E-state index contributed by atoms with van der Waals surface area (Å²) in [6, 6.07) is 2.33. The van der Waals surface area contributed by atoms with Gasteiger partial charge in [-0.3, -0.25) is 9.69 Å². The Labute approximate surface area is 133 Å². The third-order valence-electron chi connectivity index (χ3n) is 4.43. The molecule has 1 unspecified atom stereocenters. The number of hydrogen-bond acceptors (Lipinski definition) is 5. The average Bonchev–Trinajstić information content (AvgIpc) is 2.90. The van der Waals surface area contributed by atoms with Crippen LogP contribution < -0.4 is 0 Å². The fraction of sp³-hybridized carbons (Fsp3) is 0.750. The lowest BCUT2D eigenvalue weighted by molar-refractivity contribution is -0.131. The van der Waals surface area contributed by atoms with Crippen LogP contribution >= 0.6 is 0 Å². The standard InChI is InChI=1S/C16H28N4O2/c1-13-11-15(22-17-13)12-19(4)16(21)6-5-14(2)20-9-7-18(3)8-10-20/h11,14H,5-10,12H2,1-4H3. The Kier molecular flexibility index (Phi) is 5.97. The molecule has 1 saturated heterocycles. The molecule has 1 amide bonds. The van der Waals surface area contributed by atoms with Gasteiger partial charge in [0.2, 0.25) is 5.91 Å². The number of likely N-dealkylation sites (N-methyl/N-ethyl adjacent to an activating group) is 1. The van der Waals surface area contributed by atoms with E-state index in [9.17, 15) is 4.79 Å². The molecule has 124 valence electrons. The van der Waals surface area contributed by atoms with Crippen LogP contribution in [-0.2, 0) is 11.3 Å². The molecule has 22 heavy (non-hydrogen) atoms. The van der Waals surface area contributed by atoms with Crippen LogP contribution in [0.15, 0.2) is 10.6 Å². The Morgan fingerprint density at radius 1 is 1.41 bits per heavy atom. The number of amides is 1. The Bertz CT molecular complexity index is 480. The second-order valence-corrected chi connectivity index (χ2v) is 6.41. The molecule has 0 aliphatic carbocycles. The maximum absolute atomic E-state index is 12.2. The van der Waals surface area contributed by atoms with Crippen molar-refractivity contribution in [3.05, 3.63) is 17.5 Å². The molecule has 0 aromatic carbocycles. The SMILES string of the molecule is Cc1cc(CN(C)C(=O)CCC(C)N2CCN(C)CC2)on1. The molecule has 0 bridgehead atoms. The summed E-state index contributed by atoms with van der Waals surface area (Å²) >= 11 is 0. The molecular weight excluding hydrogens is 280 g/mol. The van der Waals surface area contributed by atoms with E-state index in [1.807, 2.05) is 20.0 Å². The molecule has 0 radical (unpaired) electrons. The summed E-state index contributed by atoms with van der Waals surface area (Å²) in [5.41, 5.74) is 0.847. The van der Waals surface area contributed by atoms with Crippen LogP contribution in [-0.4, -0.2) is 72.1 Å². The fourth-order valence-corrected chi connectivity index (χ4v) is 2.78. The summed E-state index contributed by atoms with van der Waals surface area (Å²) in [5.74, 6) is 0.899. The highest BCUT2D eigenvalue weighted by molar-refractivity contribution is 5.75. The molecule has 0 N–H and O–H groups in total. The van der Waals surface area contributed by atoms with Gasteiger partial charge in [-0.25, -0.2) is 0 Å². The summed E-state index contributed by atoms with van der Waals surface area (Å²) in [4.78, 5) is 18.8. The Balaban J connectivity index is 1.72. The highest BCUT2D eigenvalue weighted by atomic mass is 16.5. The van der Waals surface area contributed by atoms with Crippen LogP contribution in [0, 0.1) is 6.92 Å². The van der Waals surface area contributed by atoms with Crippen molar-refractivity contribution in [2.24, 2.45) is 0 Å². The van der Waals surface area contributed by atoms with Gasteiger partial charge in [0.1, 0.15) is 0 Å². The largest absolute Gasteiger partial charge is 0.359 e. The van der Waals surface area contributed by atoms with Gasteiger partial charge in [-0.2, -0.15) is 0 Å². The molecule has 1 aliphatic heterocycles. The molecule has 6 nitrogen and oxygen atoms in total. The Hall–Kier alpha value is -1.40. The summed E-state index contributed by atoms with van der Waals surface area (Å²) in [6.45, 7) is 9.01. The molecule has 1 aromatic rings. The lowest BCUT2D eigenvalue weighted by Gasteiger charge is -2.36. The monoisotopic (exact) mass is 308 g/mol. The minimum absolute atomic E-state index is 0.162. The van der Waals surface area contributed by atoms with Gasteiger partial charge in [-0.05, 0) is 27.3 Å². The van der Waals surface area contributed by atoms with Crippen LogP contribution in [0.1, 0.15) is 31.2 Å². The van der Waals surface area contributed by atoms with Gasteiger partial charge in [-0.1, -0.05) is 5.16 Å². The summed E-state index contributed by atoms with van der Waals surface area (Å²) in [5, 5.41) is 3.85. The number of carbonyl (C=O) groups is 1. The van der Waals surface area contributed by atoms with Gasteiger partial charge >= 0.3 is 0 Å². The van der Waals surface area contributed by atoms with E-state index in [4.69, 9.17) is 4.52 Å². The van der Waals surface area contributed by atoms with Crippen molar-refractivity contribution in [2.75, 3.05) is 40.3 Å². The molecule has 0 spiro atoms. The molecule has 2 rings (SSSR count). The second kappa shape index (κ2) is 7.74. The number of rotatable bonds is 6. The first kappa shape index (κ1) is 17.0. The van der Waals surface area contributed by atoms with Gasteiger partial charge in [-0.15, -0.1) is 0 Å². The van der Waals surface area contributed by atoms with E-state index in [0.29, 0.717) is 19.0 Å². The molecule has 1 fully saturated rings. The third-order valence-corrected chi connectivity index (χ3v) is 4.43. The van der Waals surface area contributed by atoms with E-state index in [1.165, 1.54) is 0 Å². The third kappa shape index (κ3) is 4.81. The van der Waals surface area contributed by atoms with Crippen molar-refractivity contribution < 1.29 is 9.32 Å². The van der Waals surface area contributed by atoms with Crippen LogP contribution in [0.4, 0.5) is 0 Å². The summed E-state index contributed by atoms with van der Waals surface area (Å²) in [6.07, 6.45) is 1.49. The molecule has 1 aromatic heterocycles. The molecular formula is C16H28N4O2. The van der Waals surface area contributed by atoms with Crippen molar-refractivity contribution in [1.82, 2.24) is 19.9 Å². The van der Waals surface area contributed by atoms with Gasteiger partial charge < -0.3 is 14.3 Å². The van der Waals surface area contributed by atoms with Gasteiger partial charge in [0.15, 0.2) is 5.76 Å². The minimum atomic E-state index is 0.162. The second-order valence-electron chi connectivity index (χ2n) is 6.41. The van der Waals surface area contributed by atoms with Crippen molar-refractivity contribution in [1.29, 1.82) is 0 Å². The predicted octanol–water partition coefficient (Wildman–Crippen LogP) is 1.36. The lowest BCUT2D eigenvalue weighted by atomic mass is 10.1. The maximum atomic E-state index is 12.2. The zero-order valence-electron chi connectivity index (χ0n) is 14.2. The first-order chi connectivity index (χ1) is 10.5. The Morgan fingerprint density at radius 3 is 2.68 bits per heavy atom. The maximum Gasteiger partial charge on any atom is 0.222 e. The molecule has 2 heterocycles. The number of piperazine rings is 1. The summed E-state index contributed by atoms with van der Waals surface area (Å²) in [7, 11) is 3.98. The average molecular weight is 308 g/mol. The summed E-state index contributed by atoms with van der Waals surface area (Å²) < 4.78 is 5.16. The number of aryl methyl sites for hydroxylation is 1. The van der Waals surface area contributed by atoms with Crippen molar-refractivity contribution in [2.45, 2.75) is 39.3 Å². The van der Waals surface area contributed by atoms with Crippen molar-refractivity contribution >= 4 is 5.91 Å². The highest BCUT2D eigenvalue weighted by Gasteiger charge is 2.20. The van der Waals surface area contributed by atoms with E-state index in [1.54, 1.807) is 4.90 Å². The van der Waals surface area contributed by atoms with Crippen molar-refractivity contribution in [3.63, 3.8) is 0 Å². The predicted molar refractivity (Wildman–Crippen MR) is 85.5 cm³/mol. The number of aromatic nitrogens is 1. The first-order valence-electron chi connectivity index (χ1n) is 8.04. The number of nitrogens with zero attached hydrogens (tertiary/aromatic N) is 4. The molecule has 6 heteroatoms. The smallest absolute Gasteiger partial charge is 0.222 e. The lowest BCUT2D eigenvalue weighted by Crippen LogP contribution is -2.48. The fourth-order valence-electron chi connectivity index (χ4n) is 2.78. The van der Waals surface area contributed by atoms with Gasteiger partial charge in [0.25, 0.3) is 0 Å². The van der Waals surface area contributed by atoms with E-state index >= 15 is 0 Å². The first-order valence-corrected chi connectivity index (χ1v) is 8.04. The highest BCUT2D eigenvalue weighted by Crippen LogP contribution is 2.12.